The fourth-order valence-electron chi connectivity index (χ4n) is 3.50. The molecule has 31 heavy (non-hydrogen) atoms. The van der Waals surface area contributed by atoms with Crippen molar-refractivity contribution in [3.8, 4) is 0 Å². The van der Waals surface area contributed by atoms with E-state index in [4.69, 9.17) is 0 Å². The Morgan fingerprint density at radius 3 is 2.61 bits per heavy atom. The predicted octanol–water partition coefficient (Wildman–Crippen LogP) is 4.71. The van der Waals surface area contributed by atoms with Crippen molar-refractivity contribution in [2.45, 2.75) is 17.6 Å². The number of hydrogen-bond acceptors (Lipinski definition) is 8. The maximum absolute atomic E-state index is 12.9. The number of thioether (sulfide) groups is 1. The van der Waals surface area contributed by atoms with E-state index < -0.39 is 0 Å². The normalized spacial score (nSPS) is 14.4. The van der Waals surface area contributed by atoms with E-state index in [1.54, 1.807) is 40.6 Å². The van der Waals surface area contributed by atoms with Gasteiger partial charge in [-0.05, 0) is 43.3 Å². The van der Waals surface area contributed by atoms with E-state index >= 15 is 0 Å². The summed E-state index contributed by atoms with van der Waals surface area (Å²) in [5.41, 5.74) is 2.78. The van der Waals surface area contributed by atoms with Crippen LogP contribution < -0.4 is 4.90 Å². The number of fused-ring (bicyclic) bond motifs is 1. The van der Waals surface area contributed by atoms with Crippen LogP contribution in [0.4, 0.5) is 5.13 Å². The lowest BCUT2D eigenvalue weighted by atomic mass is 10.2. The molecule has 1 aliphatic rings. The summed E-state index contributed by atoms with van der Waals surface area (Å²) in [6.07, 6.45) is 1.80. The quantitative estimate of drug-likeness (QED) is 0.396. The number of thiazole rings is 2. The largest absolute Gasteiger partial charge is 0.344 e. The highest BCUT2D eigenvalue weighted by atomic mass is 32.2. The predicted molar refractivity (Wildman–Crippen MR) is 128 cm³/mol. The zero-order valence-electron chi connectivity index (χ0n) is 17.0. The lowest BCUT2D eigenvalue weighted by Gasteiger charge is -2.34. The molecule has 1 fully saturated rings. The summed E-state index contributed by atoms with van der Waals surface area (Å²) in [5.74, 6) is 0.943. The van der Waals surface area contributed by atoms with Gasteiger partial charge in [0, 0.05) is 54.0 Å². The van der Waals surface area contributed by atoms with Crippen LogP contribution in [0, 0.1) is 6.92 Å². The van der Waals surface area contributed by atoms with Crippen LogP contribution >= 0.6 is 34.4 Å². The third-order valence-electron chi connectivity index (χ3n) is 5.15. The molecule has 0 atom stereocenters. The fraction of sp³-hybridized carbons (Fsp3) is 0.273. The molecular weight excluding hydrogens is 446 g/mol. The van der Waals surface area contributed by atoms with Gasteiger partial charge in [0.1, 0.15) is 10.3 Å². The smallest absolute Gasteiger partial charge is 0.253 e. The summed E-state index contributed by atoms with van der Waals surface area (Å²) in [6, 6.07) is 11.8. The Hall–Kier alpha value is -2.49. The molecule has 0 bridgehead atoms. The van der Waals surface area contributed by atoms with Crippen LogP contribution in [0.25, 0.3) is 10.3 Å². The zero-order valence-corrected chi connectivity index (χ0v) is 19.5. The van der Waals surface area contributed by atoms with Crippen molar-refractivity contribution in [1.29, 1.82) is 0 Å². The Morgan fingerprint density at radius 2 is 1.90 bits per heavy atom. The first-order valence-corrected chi connectivity index (χ1v) is 12.7. The first kappa shape index (κ1) is 20.4. The highest BCUT2D eigenvalue weighted by Crippen LogP contribution is 2.28. The number of piperazine rings is 1. The van der Waals surface area contributed by atoms with E-state index in [2.05, 4.69) is 25.2 Å². The lowest BCUT2D eigenvalue weighted by Crippen LogP contribution is -2.48. The van der Waals surface area contributed by atoms with Crippen LogP contribution in [0.1, 0.15) is 21.1 Å². The van der Waals surface area contributed by atoms with E-state index in [-0.39, 0.29) is 5.91 Å². The number of amides is 1. The number of carbonyl (C=O) groups excluding carboxylic acids is 1. The van der Waals surface area contributed by atoms with E-state index in [1.807, 2.05) is 48.2 Å². The van der Waals surface area contributed by atoms with Crippen molar-refractivity contribution < 1.29 is 4.79 Å². The van der Waals surface area contributed by atoms with Gasteiger partial charge in [0.05, 0.1) is 10.7 Å². The molecule has 0 saturated carbocycles. The Bertz CT molecular complexity index is 1160. The van der Waals surface area contributed by atoms with Crippen LogP contribution in [0.2, 0.25) is 0 Å². The molecule has 1 amide bonds. The van der Waals surface area contributed by atoms with Gasteiger partial charge in [-0.1, -0.05) is 11.3 Å². The highest BCUT2D eigenvalue weighted by Gasteiger charge is 2.24. The topological polar surface area (TPSA) is 62.2 Å². The Labute approximate surface area is 193 Å². The molecule has 3 aromatic heterocycles. The second-order valence-electron chi connectivity index (χ2n) is 7.27. The minimum absolute atomic E-state index is 0.0947. The number of nitrogens with zero attached hydrogens (tertiary/aromatic N) is 5. The average Bonchev–Trinajstić information content (AvgIpc) is 3.43. The van der Waals surface area contributed by atoms with Crippen molar-refractivity contribution in [2.75, 3.05) is 31.1 Å². The van der Waals surface area contributed by atoms with Crippen LogP contribution in [0.15, 0.2) is 52.9 Å². The van der Waals surface area contributed by atoms with Crippen LogP contribution in [0.3, 0.4) is 0 Å². The van der Waals surface area contributed by atoms with Crippen molar-refractivity contribution in [3.63, 3.8) is 0 Å². The number of anilines is 1. The summed E-state index contributed by atoms with van der Waals surface area (Å²) >= 11 is 5.03. The second-order valence-corrected chi connectivity index (χ2v) is 10.3. The first-order chi connectivity index (χ1) is 15.2. The molecule has 4 aromatic rings. The van der Waals surface area contributed by atoms with E-state index in [1.165, 1.54) is 0 Å². The molecule has 0 unspecified atom stereocenters. The molecule has 0 radical (unpaired) electrons. The van der Waals surface area contributed by atoms with Gasteiger partial charge in [0.2, 0.25) is 0 Å². The number of aryl methyl sites for hydroxylation is 1. The molecule has 9 heteroatoms. The SMILES string of the molecule is Cc1nc(CSc2ccc(C(=O)N3CCN(c4nc5cccnc5s4)CC3)cc2)cs1. The third kappa shape index (κ3) is 4.58. The summed E-state index contributed by atoms with van der Waals surface area (Å²) in [5, 5.41) is 4.18. The van der Waals surface area contributed by atoms with Gasteiger partial charge in [-0.2, -0.15) is 0 Å². The standard InChI is InChI=1S/C22H21N5OS3/c1-15-24-17(13-29-15)14-30-18-6-4-16(5-7-18)21(28)26-9-11-27(12-10-26)22-25-19-3-2-8-23-20(19)31-22/h2-8,13H,9-12,14H2,1H3. The Balaban J connectivity index is 1.17. The van der Waals surface area contributed by atoms with Gasteiger partial charge in [0.15, 0.2) is 5.13 Å². The van der Waals surface area contributed by atoms with Crippen molar-refractivity contribution >= 4 is 55.8 Å². The maximum atomic E-state index is 12.9. The van der Waals surface area contributed by atoms with Gasteiger partial charge >= 0.3 is 0 Å². The monoisotopic (exact) mass is 467 g/mol. The third-order valence-corrected chi connectivity index (χ3v) is 8.05. The van der Waals surface area contributed by atoms with Gasteiger partial charge in [-0.3, -0.25) is 4.79 Å². The molecule has 158 valence electrons. The average molecular weight is 468 g/mol. The molecule has 1 aromatic carbocycles. The van der Waals surface area contributed by atoms with Crippen molar-refractivity contribution in [3.05, 3.63) is 64.2 Å². The molecule has 1 aliphatic heterocycles. The minimum Gasteiger partial charge on any atom is -0.344 e. The maximum Gasteiger partial charge on any atom is 0.253 e. The Morgan fingerprint density at radius 1 is 1.10 bits per heavy atom. The summed E-state index contributed by atoms with van der Waals surface area (Å²) in [7, 11) is 0. The second kappa shape index (κ2) is 8.94. The highest BCUT2D eigenvalue weighted by molar-refractivity contribution is 7.98. The van der Waals surface area contributed by atoms with Crippen molar-refractivity contribution in [2.24, 2.45) is 0 Å². The van der Waals surface area contributed by atoms with E-state index in [0.29, 0.717) is 13.1 Å². The molecule has 5 rings (SSSR count). The summed E-state index contributed by atoms with van der Waals surface area (Å²) in [4.78, 5) is 32.8. The summed E-state index contributed by atoms with van der Waals surface area (Å²) < 4.78 is 0. The van der Waals surface area contributed by atoms with Gasteiger partial charge in [-0.15, -0.1) is 23.1 Å². The minimum atomic E-state index is 0.0947. The fourth-order valence-corrected chi connectivity index (χ4v) is 5.97. The Kier molecular flexibility index (Phi) is 5.89. The lowest BCUT2D eigenvalue weighted by molar-refractivity contribution is 0.0746. The van der Waals surface area contributed by atoms with Crippen LogP contribution in [0.5, 0.6) is 0 Å². The zero-order chi connectivity index (χ0) is 21.2. The number of carbonyl (C=O) groups is 1. The van der Waals surface area contributed by atoms with Gasteiger partial charge in [-0.25, -0.2) is 15.0 Å². The van der Waals surface area contributed by atoms with Gasteiger partial charge < -0.3 is 9.80 Å². The van der Waals surface area contributed by atoms with E-state index in [9.17, 15) is 4.79 Å². The van der Waals surface area contributed by atoms with Gasteiger partial charge in [0.25, 0.3) is 5.91 Å². The number of aromatic nitrogens is 3. The van der Waals surface area contributed by atoms with E-state index in [0.717, 1.165) is 55.5 Å². The molecular formula is C22H21N5OS3. The molecule has 0 spiro atoms. The van der Waals surface area contributed by atoms with Crippen LogP contribution in [-0.2, 0) is 5.75 Å². The summed E-state index contributed by atoms with van der Waals surface area (Å²) in [6.45, 7) is 4.98. The number of hydrogen-bond donors (Lipinski definition) is 0. The molecule has 0 N–H and O–H groups in total. The van der Waals surface area contributed by atoms with Crippen LogP contribution in [-0.4, -0.2) is 51.9 Å². The number of rotatable bonds is 5. The molecule has 1 saturated heterocycles. The number of pyridine rings is 1. The molecule has 0 aliphatic carbocycles. The van der Waals surface area contributed by atoms with Crippen molar-refractivity contribution in [1.82, 2.24) is 19.9 Å². The first-order valence-electron chi connectivity index (χ1n) is 10.1. The molecule has 4 heterocycles. The molecule has 6 nitrogen and oxygen atoms in total. The number of benzene rings is 1.